The zero-order valence-electron chi connectivity index (χ0n) is 8.02. The third kappa shape index (κ3) is 1.95. The maximum Gasteiger partial charge on any atom is 0.325 e. The minimum absolute atomic E-state index is 0.116. The second-order valence-electron chi connectivity index (χ2n) is 3.50. The van der Waals surface area contributed by atoms with Crippen LogP contribution in [0.1, 0.15) is 18.9 Å². The van der Waals surface area contributed by atoms with Gasteiger partial charge in [-0.1, -0.05) is 11.6 Å². The Balaban J connectivity index is 2.24. The van der Waals surface area contributed by atoms with Gasteiger partial charge in [-0.15, -0.1) is 0 Å². The van der Waals surface area contributed by atoms with E-state index in [4.69, 9.17) is 11.6 Å². The summed E-state index contributed by atoms with van der Waals surface area (Å²) >= 11 is 5.89. The molecule has 0 aromatic carbocycles. The molecule has 0 atom stereocenters. The van der Waals surface area contributed by atoms with Crippen molar-refractivity contribution in [3.63, 3.8) is 0 Å². The van der Waals surface area contributed by atoms with Gasteiger partial charge in [0.25, 0.3) is 0 Å². The lowest BCUT2D eigenvalue weighted by Gasteiger charge is -2.23. The van der Waals surface area contributed by atoms with Crippen molar-refractivity contribution < 1.29 is 4.92 Å². The first kappa shape index (κ1) is 10.4. The molecule has 0 aliphatic carbocycles. The van der Waals surface area contributed by atoms with Crippen LogP contribution in [0.5, 0.6) is 0 Å². The van der Waals surface area contributed by atoms with Crippen LogP contribution >= 0.6 is 11.6 Å². The Morgan fingerprint density at radius 2 is 2.27 bits per heavy atom. The first-order valence-electron chi connectivity index (χ1n) is 4.78. The molecule has 2 rings (SSSR count). The van der Waals surface area contributed by atoms with E-state index in [0.29, 0.717) is 0 Å². The SMILES string of the molecule is O=[N+]([O-])c1cnn(C2CCNCC2)c1Cl. The Labute approximate surface area is 91.4 Å². The van der Waals surface area contributed by atoms with Crippen molar-refractivity contribution in [1.29, 1.82) is 0 Å². The normalized spacial score (nSPS) is 17.9. The summed E-state index contributed by atoms with van der Waals surface area (Å²) in [6.07, 6.45) is 3.02. The average Bonchev–Trinajstić information content (AvgIpc) is 2.61. The zero-order chi connectivity index (χ0) is 10.8. The molecule has 1 aromatic heterocycles. The largest absolute Gasteiger partial charge is 0.325 e. The van der Waals surface area contributed by atoms with Gasteiger partial charge in [-0.25, -0.2) is 4.68 Å². The van der Waals surface area contributed by atoms with Crippen molar-refractivity contribution in [3.05, 3.63) is 21.5 Å². The number of rotatable bonds is 2. The van der Waals surface area contributed by atoms with Gasteiger partial charge >= 0.3 is 5.69 Å². The van der Waals surface area contributed by atoms with Crippen molar-refractivity contribution in [1.82, 2.24) is 15.1 Å². The molecule has 6 nitrogen and oxygen atoms in total. The number of hydrogen-bond acceptors (Lipinski definition) is 4. The van der Waals surface area contributed by atoms with Gasteiger partial charge in [-0.3, -0.25) is 10.1 Å². The van der Waals surface area contributed by atoms with Crippen LogP contribution in [0, 0.1) is 10.1 Å². The second-order valence-corrected chi connectivity index (χ2v) is 3.86. The van der Waals surface area contributed by atoms with Gasteiger partial charge in [0.05, 0.1) is 11.0 Å². The molecule has 0 radical (unpaired) electrons. The monoisotopic (exact) mass is 230 g/mol. The lowest BCUT2D eigenvalue weighted by molar-refractivity contribution is -0.384. The van der Waals surface area contributed by atoms with E-state index < -0.39 is 4.92 Å². The first-order valence-corrected chi connectivity index (χ1v) is 5.16. The maximum atomic E-state index is 10.6. The molecule has 2 heterocycles. The summed E-state index contributed by atoms with van der Waals surface area (Å²) < 4.78 is 1.56. The predicted octanol–water partition coefficient (Wildman–Crippen LogP) is 1.37. The van der Waals surface area contributed by atoms with E-state index in [9.17, 15) is 10.1 Å². The molecular formula is C8H11ClN4O2. The summed E-state index contributed by atoms with van der Waals surface area (Å²) in [6, 6.07) is 0.174. The number of piperidine rings is 1. The average molecular weight is 231 g/mol. The summed E-state index contributed by atoms with van der Waals surface area (Å²) in [4.78, 5) is 10.1. The fourth-order valence-corrected chi connectivity index (χ4v) is 2.07. The highest BCUT2D eigenvalue weighted by Crippen LogP contribution is 2.29. The molecule has 0 spiro atoms. The topological polar surface area (TPSA) is 73.0 Å². The molecule has 82 valence electrons. The number of aromatic nitrogens is 2. The van der Waals surface area contributed by atoms with Crippen LogP contribution < -0.4 is 5.32 Å². The molecule has 7 heteroatoms. The van der Waals surface area contributed by atoms with Crippen LogP contribution in [0.15, 0.2) is 6.20 Å². The minimum Gasteiger partial charge on any atom is -0.317 e. The van der Waals surface area contributed by atoms with Crippen molar-refractivity contribution in [2.45, 2.75) is 18.9 Å². The molecule has 0 saturated carbocycles. The van der Waals surface area contributed by atoms with E-state index in [1.807, 2.05) is 0 Å². The molecule has 1 N–H and O–H groups in total. The molecule has 1 aromatic rings. The minimum atomic E-state index is -0.507. The zero-order valence-corrected chi connectivity index (χ0v) is 8.78. The number of hydrogen-bond donors (Lipinski definition) is 1. The summed E-state index contributed by atoms with van der Waals surface area (Å²) in [7, 11) is 0. The van der Waals surface area contributed by atoms with Crippen LogP contribution in [0.2, 0.25) is 5.15 Å². The third-order valence-corrected chi connectivity index (χ3v) is 2.93. The van der Waals surface area contributed by atoms with Crippen LogP contribution in [-0.2, 0) is 0 Å². The van der Waals surface area contributed by atoms with Gasteiger partial charge in [0, 0.05) is 0 Å². The first-order chi connectivity index (χ1) is 7.20. The van der Waals surface area contributed by atoms with Gasteiger partial charge < -0.3 is 5.32 Å². The van der Waals surface area contributed by atoms with Crippen molar-refractivity contribution >= 4 is 17.3 Å². The molecule has 0 unspecified atom stereocenters. The molecular weight excluding hydrogens is 220 g/mol. The van der Waals surface area contributed by atoms with E-state index in [2.05, 4.69) is 10.4 Å². The second kappa shape index (κ2) is 4.16. The van der Waals surface area contributed by atoms with Gasteiger partial charge in [-0.2, -0.15) is 5.10 Å². The summed E-state index contributed by atoms with van der Waals surface area (Å²) in [5, 5.41) is 17.9. The highest BCUT2D eigenvalue weighted by molar-refractivity contribution is 6.31. The lowest BCUT2D eigenvalue weighted by Crippen LogP contribution is -2.29. The van der Waals surface area contributed by atoms with E-state index >= 15 is 0 Å². The van der Waals surface area contributed by atoms with Crippen molar-refractivity contribution in [3.8, 4) is 0 Å². The Hall–Kier alpha value is -1.14. The van der Waals surface area contributed by atoms with Gasteiger partial charge in [0.15, 0.2) is 0 Å². The number of nitrogens with zero attached hydrogens (tertiary/aromatic N) is 3. The van der Waals surface area contributed by atoms with Crippen LogP contribution in [0.25, 0.3) is 0 Å². The standard InChI is InChI=1S/C8H11ClN4O2/c9-8-7(13(14)15)5-11-12(8)6-1-3-10-4-2-6/h5-6,10H,1-4H2. The summed E-state index contributed by atoms with van der Waals surface area (Å²) in [5.41, 5.74) is -0.116. The molecule has 1 aliphatic rings. The van der Waals surface area contributed by atoms with Crippen LogP contribution in [-0.4, -0.2) is 27.8 Å². The Morgan fingerprint density at radius 3 is 2.80 bits per heavy atom. The predicted molar refractivity (Wildman–Crippen MR) is 55.0 cm³/mol. The fraction of sp³-hybridized carbons (Fsp3) is 0.625. The van der Waals surface area contributed by atoms with Crippen molar-refractivity contribution in [2.24, 2.45) is 0 Å². The van der Waals surface area contributed by atoms with Crippen LogP contribution in [0.3, 0.4) is 0 Å². The van der Waals surface area contributed by atoms with E-state index in [1.54, 1.807) is 4.68 Å². The molecule has 0 amide bonds. The fourth-order valence-electron chi connectivity index (χ4n) is 1.77. The lowest BCUT2D eigenvalue weighted by atomic mass is 10.1. The number of halogens is 1. The Kier molecular flexibility index (Phi) is 2.88. The van der Waals surface area contributed by atoms with Crippen molar-refractivity contribution in [2.75, 3.05) is 13.1 Å². The molecule has 1 aliphatic heterocycles. The molecule has 15 heavy (non-hydrogen) atoms. The third-order valence-electron chi connectivity index (χ3n) is 2.57. The highest BCUT2D eigenvalue weighted by Gasteiger charge is 2.24. The molecule has 1 fully saturated rings. The number of nitro groups is 1. The summed E-state index contributed by atoms with van der Waals surface area (Å²) in [5.74, 6) is 0. The van der Waals surface area contributed by atoms with Gasteiger partial charge in [-0.05, 0) is 25.9 Å². The highest BCUT2D eigenvalue weighted by atomic mass is 35.5. The quantitative estimate of drug-likeness (QED) is 0.615. The Morgan fingerprint density at radius 1 is 1.60 bits per heavy atom. The summed E-state index contributed by atoms with van der Waals surface area (Å²) in [6.45, 7) is 1.79. The molecule has 1 saturated heterocycles. The smallest absolute Gasteiger partial charge is 0.317 e. The van der Waals surface area contributed by atoms with E-state index in [1.165, 1.54) is 6.20 Å². The number of nitrogens with one attached hydrogen (secondary N) is 1. The van der Waals surface area contributed by atoms with E-state index in [0.717, 1.165) is 25.9 Å². The van der Waals surface area contributed by atoms with Gasteiger partial charge in [0.1, 0.15) is 6.20 Å². The Bertz CT molecular complexity index is 373. The van der Waals surface area contributed by atoms with Gasteiger partial charge in [0.2, 0.25) is 5.15 Å². The van der Waals surface area contributed by atoms with Crippen LogP contribution in [0.4, 0.5) is 5.69 Å². The maximum absolute atomic E-state index is 10.6. The molecule has 0 bridgehead atoms. The van der Waals surface area contributed by atoms with E-state index in [-0.39, 0.29) is 16.9 Å².